The van der Waals surface area contributed by atoms with Crippen LogP contribution in [0.2, 0.25) is 0 Å². The molecule has 70 valence electrons. The van der Waals surface area contributed by atoms with Crippen LogP contribution in [0.4, 0.5) is 0 Å². The van der Waals surface area contributed by atoms with Crippen molar-refractivity contribution in [1.29, 1.82) is 0 Å². The Bertz CT molecular complexity index is 277. The third-order valence-electron chi connectivity index (χ3n) is 2.81. The van der Waals surface area contributed by atoms with Gasteiger partial charge in [0.2, 0.25) is 0 Å². The molecule has 0 amide bonds. The minimum Gasteiger partial charge on any atom is -0.329 e. The van der Waals surface area contributed by atoms with Gasteiger partial charge >= 0.3 is 0 Å². The van der Waals surface area contributed by atoms with Crippen LogP contribution in [0, 0.1) is 0 Å². The lowest BCUT2D eigenvalue weighted by atomic mass is 9.75. The summed E-state index contributed by atoms with van der Waals surface area (Å²) in [7, 11) is 2.12. The first-order chi connectivity index (χ1) is 6.27. The van der Waals surface area contributed by atoms with E-state index in [1.165, 1.54) is 5.56 Å². The van der Waals surface area contributed by atoms with Crippen molar-refractivity contribution in [1.82, 2.24) is 9.88 Å². The van der Waals surface area contributed by atoms with E-state index >= 15 is 0 Å². The van der Waals surface area contributed by atoms with Gasteiger partial charge in [-0.25, -0.2) is 0 Å². The number of hydrogen-bond acceptors (Lipinski definition) is 3. The lowest BCUT2D eigenvalue weighted by Gasteiger charge is -2.48. The highest BCUT2D eigenvalue weighted by Gasteiger charge is 2.41. The van der Waals surface area contributed by atoms with Gasteiger partial charge in [-0.1, -0.05) is 6.07 Å². The number of pyridine rings is 1. The second kappa shape index (κ2) is 3.09. The molecule has 0 aliphatic carbocycles. The van der Waals surface area contributed by atoms with Gasteiger partial charge in [-0.3, -0.25) is 4.98 Å². The summed E-state index contributed by atoms with van der Waals surface area (Å²) >= 11 is 0. The van der Waals surface area contributed by atoms with Crippen LogP contribution < -0.4 is 5.73 Å². The molecule has 0 atom stereocenters. The number of likely N-dealkylation sites (tertiary alicyclic amines) is 1. The smallest absolute Gasteiger partial charge is 0.0344 e. The summed E-state index contributed by atoms with van der Waals surface area (Å²) in [5.41, 5.74) is 7.25. The van der Waals surface area contributed by atoms with Crippen LogP contribution in [-0.4, -0.2) is 36.6 Å². The predicted octanol–water partition coefficient (Wildman–Crippen LogP) is 0.223. The SMILES string of the molecule is CN1CC(CN)(c2cccnc2)C1. The van der Waals surface area contributed by atoms with Crippen LogP contribution in [0.5, 0.6) is 0 Å². The maximum atomic E-state index is 5.81. The van der Waals surface area contributed by atoms with Crippen molar-refractivity contribution in [2.45, 2.75) is 5.41 Å². The normalized spacial score (nSPS) is 21.1. The Balaban J connectivity index is 2.24. The summed E-state index contributed by atoms with van der Waals surface area (Å²) in [4.78, 5) is 6.41. The Labute approximate surface area is 78.6 Å². The maximum Gasteiger partial charge on any atom is 0.0344 e. The number of hydrogen-bond donors (Lipinski definition) is 1. The third kappa shape index (κ3) is 1.34. The molecule has 1 aliphatic heterocycles. The molecule has 1 fully saturated rings. The van der Waals surface area contributed by atoms with Crippen LogP contribution >= 0.6 is 0 Å². The van der Waals surface area contributed by atoms with Crippen LogP contribution in [0.1, 0.15) is 5.56 Å². The summed E-state index contributed by atoms with van der Waals surface area (Å²) in [6.07, 6.45) is 3.73. The molecule has 3 nitrogen and oxygen atoms in total. The van der Waals surface area contributed by atoms with Gasteiger partial charge in [0.15, 0.2) is 0 Å². The van der Waals surface area contributed by atoms with Crippen LogP contribution in [0.15, 0.2) is 24.5 Å². The molecule has 0 saturated carbocycles. The number of nitrogens with zero attached hydrogens (tertiary/aromatic N) is 2. The van der Waals surface area contributed by atoms with Gasteiger partial charge in [0.1, 0.15) is 0 Å². The highest BCUT2D eigenvalue weighted by molar-refractivity contribution is 5.27. The van der Waals surface area contributed by atoms with E-state index in [2.05, 4.69) is 23.0 Å². The molecule has 2 rings (SSSR count). The summed E-state index contributed by atoms with van der Waals surface area (Å²) in [6, 6.07) is 4.10. The molecule has 0 spiro atoms. The predicted molar refractivity (Wildman–Crippen MR) is 52.5 cm³/mol. The zero-order valence-corrected chi connectivity index (χ0v) is 7.90. The van der Waals surface area contributed by atoms with E-state index in [4.69, 9.17) is 5.73 Å². The Morgan fingerprint density at radius 2 is 2.38 bits per heavy atom. The largest absolute Gasteiger partial charge is 0.329 e. The standard InChI is InChI=1S/C10H15N3/c1-13-7-10(6-11,8-13)9-3-2-4-12-5-9/h2-5H,6-8,11H2,1H3. The van der Waals surface area contributed by atoms with Crippen molar-refractivity contribution in [3.05, 3.63) is 30.1 Å². The fourth-order valence-corrected chi connectivity index (χ4v) is 2.09. The average molecular weight is 177 g/mol. The quantitative estimate of drug-likeness (QED) is 0.703. The number of aromatic nitrogens is 1. The van der Waals surface area contributed by atoms with E-state index in [-0.39, 0.29) is 5.41 Å². The highest BCUT2D eigenvalue weighted by Crippen LogP contribution is 2.31. The van der Waals surface area contributed by atoms with Gasteiger partial charge < -0.3 is 10.6 Å². The van der Waals surface area contributed by atoms with Crippen molar-refractivity contribution >= 4 is 0 Å². The molecule has 1 saturated heterocycles. The van der Waals surface area contributed by atoms with Crippen LogP contribution in [-0.2, 0) is 5.41 Å². The molecule has 2 N–H and O–H groups in total. The Hall–Kier alpha value is -0.930. The monoisotopic (exact) mass is 177 g/mol. The lowest BCUT2D eigenvalue weighted by molar-refractivity contribution is 0.0998. The van der Waals surface area contributed by atoms with Crippen LogP contribution in [0.25, 0.3) is 0 Å². The summed E-state index contributed by atoms with van der Waals surface area (Å²) in [5, 5.41) is 0. The van der Waals surface area contributed by atoms with Crippen molar-refractivity contribution in [3.63, 3.8) is 0 Å². The first kappa shape index (κ1) is 8.66. The molecule has 1 aromatic rings. The molecule has 0 aromatic carbocycles. The molecule has 0 radical (unpaired) electrons. The fraction of sp³-hybridized carbons (Fsp3) is 0.500. The first-order valence-electron chi connectivity index (χ1n) is 4.56. The van der Waals surface area contributed by atoms with Crippen molar-refractivity contribution in [2.24, 2.45) is 5.73 Å². The molecular weight excluding hydrogens is 162 g/mol. The molecule has 0 bridgehead atoms. The number of rotatable bonds is 2. The minimum atomic E-state index is 0.170. The summed E-state index contributed by atoms with van der Waals surface area (Å²) in [6.45, 7) is 2.81. The molecule has 1 aromatic heterocycles. The van der Waals surface area contributed by atoms with Gasteiger partial charge in [0.05, 0.1) is 0 Å². The van der Waals surface area contributed by atoms with E-state index < -0.39 is 0 Å². The van der Waals surface area contributed by atoms with E-state index in [1.54, 1.807) is 6.20 Å². The third-order valence-corrected chi connectivity index (χ3v) is 2.81. The zero-order valence-electron chi connectivity index (χ0n) is 7.90. The van der Waals surface area contributed by atoms with Gasteiger partial charge in [-0.15, -0.1) is 0 Å². The van der Waals surface area contributed by atoms with Gasteiger partial charge in [-0.05, 0) is 18.7 Å². The number of likely N-dealkylation sites (N-methyl/N-ethyl adjacent to an activating group) is 1. The number of nitrogens with two attached hydrogens (primary N) is 1. The van der Waals surface area contributed by atoms with Gasteiger partial charge in [0.25, 0.3) is 0 Å². The Kier molecular flexibility index (Phi) is 2.06. The molecule has 3 heteroatoms. The first-order valence-corrected chi connectivity index (χ1v) is 4.56. The topological polar surface area (TPSA) is 42.1 Å². The minimum absolute atomic E-state index is 0.170. The molecule has 2 heterocycles. The second-order valence-corrected chi connectivity index (χ2v) is 3.90. The fourth-order valence-electron chi connectivity index (χ4n) is 2.09. The lowest BCUT2D eigenvalue weighted by Crippen LogP contribution is -2.61. The van der Waals surface area contributed by atoms with E-state index in [0.717, 1.165) is 13.1 Å². The van der Waals surface area contributed by atoms with Crippen LogP contribution in [0.3, 0.4) is 0 Å². The van der Waals surface area contributed by atoms with E-state index in [9.17, 15) is 0 Å². The molecule has 0 unspecified atom stereocenters. The molecule has 1 aliphatic rings. The van der Waals surface area contributed by atoms with Crippen molar-refractivity contribution < 1.29 is 0 Å². The summed E-state index contributed by atoms with van der Waals surface area (Å²) in [5.74, 6) is 0. The van der Waals surface area contributed by atoms with E-state index in [0.29, 0.717) is 6.54 Å². The van der Waals surface area contributed by atoms with Crippen molar-refractivity contribution in [3.8, 4) is 0 Å². The van der Waals surface area contributed by atoms with Crippen molar-refractivity contribution in [2.75, 3.05) is 26.7 Å². The average Bonchev–Trinajstić information content (AvgIpc) is 2.14. The second-order valence-electron chi connectivity index (χ2n) is 3.90. The maximum absolute atomic E-state index is 5.81. The summed E-state index contributed by atoms with van der Waals surface area (Å²) < 4.78 is 0. The zero-order chi connectivity index (χ0) is 9.31. The van der Waals surface area contributed by atoms with E-state index in [1.807, 2.05) is 12.3 Å². The van der Waals surface area contributed by atoms with Gasteiger partial charge in [0, 0.05) is 37.4 Å². The molecule has 13 heavy (non-hydrogen) atoms. The molecular formula is C10H15N3. The Morgan fingerprint density at radius 1 is 1.62 bits per heavy atom. The Morgan fingerprint density at radius 3 is 2.85 bits per heavy atom. The highest BCUT2D eigenvalue weighted by atomic mass is 15.2. The van der Waals surface area contributed by atoms with Gasteiger partial charge in [-0.2, -0.15) is 0 Å².